The maximum atomic E-state index is 3.75. The van der Waals surface area contributed by atoms with Gasteiger partial charge in [0.1, 0.15) is 0 Å². The second kappa shape index (κ2) is 5.34. The van der Waals surface area contributed by atoms with Crippen molar-refractivity contribution in [3.05, 3.63) is 0 Å². The summed E-state index contributed by atoms with van der Waals surface area (Å²) in [4.78, 5) is 0. The smallest absolute Gasteiger partial charge is 0.00721 e. The Morgan fingerprint density at radius 2 is 1.47 bits per heavy atom. The lowest BCUT2D eigenvalue weighted by atomic mass is 9.76. The van der Waals surface area contributed by atoms with Crippen LogP contribution in [0.15, 0.2) is 0 Å². The summed E-state index contributed by atoms with van der Waals surface area (Å²) in [6.07, 6.45) is 11.8. The van der Waals surface area contributed by atoms with Crippen LogP contribution in [0, 0.1) is 11.8 Å². The first-order valence-corrected chi connectivity index (χ1v) is 7.03. The molecule has 0 aromatic rings. The molecule has 2 aliphatic rings. The fraction of sp³-hybridized carbons (Fsp3) is 1.00. The van der Waals surface area contributed by atoms with Crippen molar-refractivity contribution in [3.63, 3.8) is 0 Å². The van der Waals surface area contributed by atoms with Gasteiger partial charge < -0.3 is 5.32 Å². The molecular formula is C14H27N. The van der Waals surface area contributed by atoms with Gasteiger partial charge in [0.25, 0.3) is 0 Å². The van der Waals surface area contributed by atoms with Gasteiger partial charge in [-0.15, -0.1) is 0 Å². The van der Waals surface area contributed by atoms with E-state index in [1.807, 2.05) is 0 Å². The lowest BCUT2D eigenvalue weighted by Crippen LogP contribution is -2.46. The van der Waals surface area contributed by atoms with E-state index in [2.05, 4.69) is 19.2 Å². The SMILES string of the molecule is CC1CCC(C2CCCCCC2)C(C)N1. The molecule has 1 saturated heterocycles. The summed E-state index contributed by atoms with van der Waals surface area (Å²) in [6, 6.07) is 1.51. The van der Waals surface area contributed by atoms with E-state index in [0.29, 0.717) is 0 Å². The summed E-state index contributed by atoms with van der Waals surface area (Å²) < 4.78 is 0. The van der Waals surface area contributed by atoms with Gasteiger partial charge in [-0.25, -0.2) is 0 Å². The molecule has 1 aliphatic heterocycles. The average molecular weight is 209 g/mol. The minimum Gasteiger partial charge on any atom is -0.311 e. The highest BCUT2D eigenvalue weighted by Crippen LogP contribution is 2.35. The van der Waals surface area contributed by atoms with Crippen LogP contribution in [0.25, 0.3) is 0 Å². The fourth-order valence-corrected chi connectivity index (χ4v) is 3.73. The Morgan fingerprint density at radius 1 is 0.800 bits per heavy atom. The van der Waals surface area contributed by atoms with Gasteiger partial charge in [-0.2, -0.15) is 0 Å². The molecule has 0 amide bonds. The third kappa shape index (κ3) is 2.96. The van der Waals surface area contributed by atoms with Crippen molar-refractivity contribution in [2.75, 3.05) is 0 Å². The van der Waals surface area contributed by atoms with Crippen molar-refractivity contribution in [2.45, 2.75) is 77.3 Å². The second-order valence-electron chi connectivity index (χ2n) is 5.85. The molecule has 1 heterocycles. The van der Waals surface area contributed by atoms with Crippen LogP contribution in [0.3, 0.4) is 0 Å². The number of rotatable bonds is 1. The van der Waals surface area contributed by atoms with Crippen LogP contribution in [0.4, 0.5) is 0 Å². The van der Waals surface area contributed by atoms with Crippen molar-refractivity contribution in [1.82, 2.24) is 5.32 Å². The van der Waals surface area contributed by atoms with E-state index < -0.39 is 0 Å². The first-order valence-electron chi connectivity index (χ1n) is 7.03. The van der Waals surface area contributed by atoms with Crippen LogP contribution in [-0.4, -0.2) is 12.1 Å². The molecule has 0 spiro atoms. The van der Waals surface area contributed by atoms with E-state index in [1.165, 1.54) is 51.4 Å². The monoisotopic (exact) mass is 209 g/mol. The zero-order chi connectivity index (χ0) is 10.7. The molecule has 15 heavy (non-hydrogen) atoms. The Bertz CT molecular complexity index is 182. The normalized spacial score (nSPS) is 40.0. The zero-order valence-corrected chi connectivity index (χ0v) is 10.5. The highest BCUT2D eigenvalue weighted by atomic mass is 15.0. The first kappa shape index (κ1) is 11.4. The van der Waals surface area contributed by atoms with Crippen LogP contribution in [-0.2, 0) is 0 Å². The Kier molecular flexibility index (Phi) is 4.07. The van der Waals surface area contributed by atoms with Crippen LogP contribution >= 0.6 is 0 Å². The Morgan fingerprint density at radius 3 is 2.07 bits per heavy atom. The average Bonchev–Trinajstić information content (AvgIpc) is 2.46. The van der Waals surface area contributed by atoms with Gasteiger partial charge in [0.05, 0.1) is 0 Å². The third-order valence-corrected chi connectivity index (χ3v) is 4.63. The van der Waals surface area contributed by atoms with Crippen LogP contribution in [0.2, 0.25) is 0 Å². The van der Waals surface area contributed by atoms with E-state index in [1.54, 1.807) is 0 Å². The largest absolute Gasteiger partial charge is 0.311 e. The Labute approximate surface area is 95.0 Å². The van der Waals surface area contributed by atoms with Gasteiger partial charge >= 0.3 is 0 Å². The molecule has 0 radical (unpaired) electrons. The Hall–Kier alpha value is -0.0400. The molecule has 2 rings (SSSR count). The minimum absolute atomic E-state index is 0.752. The van der Waals surface area contributed by atoms with E-state index >= 15 is 0 Å². The predicted octanol–water partition coefficient (Wildman–Crippen LogP) is 3.73. The molecule has 1 N–H and O–H groups in total. The molecule has 0 aromatic heterocycles. The molecule has 1 heteroatoms. The lowest BCUT2D eigenvalue weighted by Gasteiger charge is -2.38. The maximum absolute atomic E-state index is 3.75. The van der Waals surface area contributed by atoms with Crippen LogP contribution in [0.1, 0.15) is 65.2 Å². The van der Waals surface area contributed by atoms with E-state index in [9.17, 15) is 0 Å². The predicted molar refractivity (Wildman–Crippen MR) is 66.0 cm³/mol. The molecule has 2 fully saturated rings. The van der Waals surface area contributed by atoms with Gasteiger partial charge in [-0.3, -0.25) is 0 Å². The van der Waals surface area contributed by atoms with Crippen molar-refractivity contribution < 1.29 is 0 Å². The summed E-state index contributed by atoms with van der Waals surface area (Å²) in [5.41, 5.74) is 0. The van der Waals surface area contributed by atoms with Gasteiger partial charge in [-0.1, -0.05) is 38.5 Å². The van der Waals surface area contributed by atoms with E-state index in [0.717, 1.165) is 23.9 Å². The number of nitrogens with one attached hydrogen (secondary N) is 1. The highest BCUT2D eigenvalue weighted by molar-refractivity contribution is 4.86. The van der Waals surface area contributed by atoms with E-state index in [4.69, 9.17) is 0 Å². The number of hydrogen-bond donors (Lipinski definition) is 1. The maximum Gasteiger partial charge on any atom is 0.00721 e. The lowest BCUT2D eigenvalue weighted by molar-refractivity contribution is 0.167. The molecule has 3 unspecified atom stereocenters. The summed E-state index contributed by atoms with van der Waals surface area (Å²) >= 11 is 0. The highest BCUT2D eigenvalue weighted by Gasteiger charge is 2.31. The van der Waals surface area contributed by atoms with Gasteiger partial charge in [0.2, 0.25) is 0 Å². The topological polar surface area (TPSA) is 12.0 Å². The quantitative estimate of drug-likeness (QED) is 0.649. The molecule has 3 atom stereocenters. The summed E-state index contributed by atoms with van der Waals surface area (Å²) in [5.74, 6) is 2.00. The molecule has 88 valence electrons. The summed E-state index contributed by atoms with van der Waals surface area (Å²) in [7, 11) is 0. The molecule has 0 aromatic carbocycles. The summed E-state index contributed by atoms with van der Waals surface area (Å²) in [6.45, 7) is 4.74. The van der Waals surface area contributed by atoms with Crippen LogP contribution in [0.5, 0.6) is 0 Å². The molecule has 1 nitrogen and oxygen atoms in total. The summed E-state index contributed by atoms with van der Waals surface area (Å²) in [5, 5.41) is 3.75. The second-order valence-corrected chi connectivity index (χ2v) is 5.85. The molecule has 1 aliphatic carbocycles. The van der Waals surface area contributed by atoms with Gasteiger partial charge in [0, 0.05) is 12.1 Å². The molecular weight excluding hydrogens is 182 g/mol. The first-order chi connectivity index (χ1) is 7.27. The molecule has 1 saturated carbocycles. The Balaban J connectivity index is 1.90. The molecule has 0 bridgehead atoms. The van der Waals surface area contributed by atoms with Crippen molar-refractivity contribution in [2.24, 2.45) is 11.8 Å². The third-order valence-electron chi connectivity index (χ3n) is 4.63. The van der Waals surface area contributed by atoms with Crippen molar-refractivity contribution in [3.8, 4) is 0 Å². The van der Waals surface area contributed by atoms with Gasteiger partial charge in [-0.05, 0) is 38.5 Å². The standard InChI is InChI=1S/C14H27N/c1-11-9-10-14(12(2)15-11)13-7-5-3-4-6-8-13/h11-15H,3-10H2,1-2H3. The zero-order valence-electron chi connectivity index (χ0n) is 10.5. The fourth-order valence-electron chi connectivity index (χ4n) is 3.73. The van der Waals surface area contributed by atoms with E-state index in [-0.39, 0.29) is 0 Å². The van der Waals surface area contributed by atoms with Crippen molar-refractivity contribution in [1.29, 1.82) is 0 Å². The number of piperidine rings is 1. The van der Waals surface area contributed by atoms with Gasteiger partial charge in [0.15, 0.2) is 0 Å². The van der Waals surface area contributed by atoms with Crippen molar-refractivity contribution >= 4 is 0 Å². The number of hydrogen-bond acceptors (Lipinski definition) is 1. The van der Waals surface area contributed by atoms with Crippen LogP contribution < -0.4 is 5.32 Å². The minimum atomic E-state index is 0.752.